The van der Waals surface area contributed by atoms with Crippen molar-refractivity contribution in [2.75, 3.05) is 0 Å². The summed E-state index contributed by atoms with van der Waals surface area (Å²) in [5.74, 6) is 0.650. The van der Waals surface area contributed by atoms with Gasteiger partial charge in [-0.05, 0) is 30.9 Å². The van der Waals surface area contributed by atoms with E-state index in [0.29, 0.717) is 16.6 Å². The second kappa shape index (κ2) is 8.25. The average molecular weight is 485 g/mol. The summed E-state index contributed by atoms with van der Waals surface area (Å²) < 4.78 is 1.76. The van der Waals surface area contributed by atoms with Gasteiger partial charge in [-0.3, -0.25) is 0 Å². The third-order valence-corrected chi connectivity index (χ3v) is 6.80. The number of fused-ring (bicyclic) bond motifs is 1. The molecule has 0 atom stereocenters. The van der Waals surface area contributed by atoms with E-state index in [2.05, 4.69) is 20.4 Å². The van der Waals surface area contributed by atoms with Gasteiger partial charge in [0.05, 0.1) is 16.8 Å². The Morgan fingerprint density at radius 1 is 1.09 bits per heavy atom. The largest absolute Gasteiger partial charge is 0.465 e. The van der Waals surface area contributed by atoms with Crippen molar-refractivity contribution in [3.63, 3.8) is 0 Å². The molecule has 1 fully saturated rings. The fourth-order valence-corrected chi connectivity index (χ4v) is 4.99. The van der Waals surface area contributed by atoms with Crippen LogP contribution in [-0.4, -0.2) is 35.8 Å². The molecular formula is C26H21ClN6O2. The lowest BCUT2D eigenvalue weighted by molar-refractivity contribution is 0.144. The predicted molar refractivity (Wildman–Crippen MR) is 133 cm³/mol. The number of H-pyrrole nitrogens is 1. The summed E-state index contributed by atoms with van der Waals surface area (Å²) in [6.45, 7) is 0. The minimum absolute atomic E-state index is 0.326. The predicted octanol–water partition coefficient (Wildman–Crippen LogP) is 5.75. The Bertz CT molecular complexity index is 1520. The summed E-state index contributed by atoms with van der Waals surface area (Å²) >= 11 is 6.43. The van der Waals surface area contributed by atoms with Crippen LogP contribution in [0.15, 0.2) is 73.1 Å². The fraction of sp³-hybridized carbons (Fsp3) is 0.154. The van der Waals surface area contributed by atoms with Crippen LogP contribution in [0.25, 0.3) is 39.5 Å². The van der Waals surface area contributed by atoms with Gasteiger partial charge < -0.3 is 15.4 Å². The van der Waals surface area contributed by atoms with Crippen molar-refractivity contribution in [1.29, 1.82) is 0 Å². The SMILES string of the molecule is O=C(O)NC1(c2ccc(-c3nc4c(-c5ncc[nH]5)cc(Cl)nn4c3-c3ccccc3)cc2)CCC1. The number of carbonyl (C=O) groups is 1. The maximum absolute atomic E-state index is 11.4. The molecule has 3 N–H and O–H groups in total. The van der Waals surface area contributed by atoms with Crippen molar-refractivity contribution in [3.05, 3.63) is 83.8 Å². The van der Waals surface area contributed by atoms with Crippen molar-refractivity contribution in [2.24, 2.45) is 0 Å². The highest BCUT2D eigenvalue weighted by molar-refractivity contribution is 6.29. The van der Waals surface area contributed by atoms with Gasteiger partial charge in [0.1, 0.15) is 11.5 Å². The van der Waals surface area contributed by atoms with Crippen molar-refractivity contribution < 1.29 is 9.90 Å². The van der Waals surface area contributed by atoms with Gasteiger partial charge >= 0.3 is 6.09 Å². The Balaban J connectivity index is 1.54. The van der Waals surface area contributed by atoms with Crippen molar-refractivity contribution in [2.45, 2.75) is 24.8 Å². The van der Waals surface area contributed by atoms with E-state index in [0.717, 1.165) is 52.9 Å². The van der Waals surface area contributed by atoms with Crippen LogP contribution in [0.5, 0.6) is 0 Å². The molecular weight excluding hydrogens is 464 g/mol. The van der Waals surface area contributed by atoms with Crippen LogP contribution in [0, 0.1) is 0 Å². The normalized spacial score (nSPS) is 14.5. The highest BCUT2D eigenvalue weighted by atomic mass is 35.5. The zero-order valence-corrected chi connectivity index (χ0v) is 19.3. The molecule has 0 spiro atoms. The number of imidazole rings is 2. The summed E-state index contributed by atoms with van der Waals surface area (Å²) in [4.78, 5) is 23.9. The molecule has 0 aliphatic heterocycles. The van der Waals surface area contributed by atoms with Crippen LogP contribution in [-0.2, 0) is 5.54 Å². The van der Waals surface area contributed by atoms with Crippen LogP contribution in [0.4, 0.5) is 4.79 Å². The topological polar surface area (TPSA) is 108 Å². The number of halogens is 1. The number of hydrogen-bond acceptors (Lipinski definition) is 4. The first-order chi connectivity index (χ1) is 17.0. The lowest BCUT2D eigenvalue weighted by atomic mass is 9.72. The third-order valence-electron chi connectivity index (χ3n) is 6.62. The van der Waals surface area contributed by atoms with E-state index in [1.807, 2.05) is 54.6 Å². The van der Waals surface area contributed by atoms with Crippen LogP contribution in [0.3, 0.4) is 0 Å². The van der Waals surface area contributed by atoms with Gasteiger partial charge in [-0.2, -0.15) is 5.10 Å². The molecule has 1 amide bonds. The first-order valence-electron chi connectivity index (χ1n) is 11.3. The summed E-state index contributed by atoms with van der Waals surface area (Å²) in [6, 6.07) is 19.6. The van der Waals surface area contributed by atoms with E-state index >= 15 is 0 Å². The number of aromatic nitrogens is 5. The minimum atomic E-state index is -1.01. The quantitative estimate of drug-likeness (QED) is 0.294. The smallest absolute Gasteiger partial charge is 0.405 e. The number of hydrogen-bond donors (Lipinski definition) is 3. The summed E-state index contributed by atoms with van der Waals surface area (Å²) in [6.07, 6.45) is 5.00. The molecule has 0 bridgehead atoms. The molecule has 6 rings (SSSR count). The van der Waals surface area contributed by atoms with E-state index < -0.39 is 11.6 Å². The number of benzene rings is 2. The van der Waals surface area contributed by atoms with Crippen molar-refractivity contribution in [1.82, 2.24) is 29.9 Å². The number of carboxylic acid groups (broad SMARTS) is 1. The van der Waals surface area contributed by atoms with Crippen LogP contribution < -0.4 is 5.32 Å². The fourth-order valence-electron chi connectivity index (χ4n) is 4.80. The van der Waals surface area contributed by atoms with E-state index in [4.69, 9.17) is 16.6 Å². The molecule has 2 aromatic carbocycles. The molecule has 8 nitrogen and oxygen atoms in total. The Hall–Kier alpha value is -4.17. The lowest BCUT2D eigenvalue weighted by Gasteiger charge is -2.42. The lowest BCUT2D eigenvalue weighted by Crippen LogP contribution is -2.50. The van der Waals surface area contributed by atoms with E-state index in [1.54, 1.807) is 23.0 Å². The van der Waals surface area contributed by atoms with Crippen molar-refractivity contribution >= 4 is 23.3 Å². The molecule has 5 aromatic rings. The maximum Gasteiger partial charge on any atom is 0.405 e. The zero-order chi connectivity index (χ0) is 24.0. The van der Waals surface area contributed by atoms with Gasteiger partial charge in [0, 0.05) is 23.5 Å². The third kappa shape index (κ3) is 3.63. The Morgan fingerprint density at radius 3 is 2.49 bits per heavy atom. The molecule has 35 heavy (non-hydrogen) atoms. The number of amides is 1. The molecule has 0 radical (unpaired) electrons. The molecule has 1 saturated carbocycles. The van der Waals surface area contributed by atoms with E-state index in [-0.39, 0.29) is 0 Å². The van der Waals surface area contributed by atoms with Gasteiger partial charge in [-0.15, -0.1) is 0 Å². The van der Waals surface area contributed by atoms with Crippen molar-refractivity contribution in [3.8, 4) is 33.9 Å². The summed E-state index contributed by atoms with van der Waals surface area (Å²) in [5.41, 5.74) is 5.21. The average Bonchev–Trinajstić information content (AvgIpc) is 3.50. The molecule has 0 unspecified atom stereocenters. The molecule has 174 valence electrons. The molecule has 0 saturated heterocycles. The molecule has 3 aromatic heterocycles. The monoisotopic (exact) mass is 484 g/mol. The van der Waals surface area contributed by atoms with Crippen LogP contribution in [0.1, 0.15) is 24.8 Å². The number of nitrogens with one attached hydrogen (secondary N) is 2. The second-order valence-electron chi connectivity index (χ2n) is 8.67. The van der Waals surface area contributed by atoms with Gasteiger partial charge in [-0.1, -0.05) is 66.2 Å². The van der Waals surface area contributed by atoms with Gasteiger partial charge in [0.15, 0.2) is 10.8 Å². The van der Waals surface area contributed by atoms with E-state index in [1.165, 1.54) is 0 Å². The zero-order valence-electron chi connectivity index (χ0n) is 18.6. The highest BCUT2D eigenvalue weighted by Gasteiger charge is 2.40. The van der Waals surface area contributed by atoms with Gasteiger partial charge in [-0.25, -0.2) is 19.3 Å². The number of nitrogens with zero attached hydrogens (tertiary/aromatic N) is 4. The minimum Gasteiger partial charge on any atom is -0.465 e. The van der Waals surface area contributed by atoms with Crippen LogP contribution in [0.2, 0.25) is 5.15 Å². The second-order valence-corrected chi connectivity index (χ2v) is 9.06. The standard InChI is InChI=1S/C26H21ClN6O2/c27-20-15-19(23-28-13-14-29-23)24-30-21(22(33(24)32-20)17-5-2-1-3-6-17)16-7-9-18(10-8-16)26(11-4-12-26)31-25(34)35/h1-3,5-10,13-15,31H,4,11-12H2,(H,28,29)(H,34,35). The first kappa shape index (κ1) is 21.4. The first-order valence-corrected chi connectivity index (χ1v) is 11.7. The number of aromatic amines is 1. The highest BCUT2D eigenvalue weighted by Crippen LogP contribution is 2.42. The maximum atomic E-state index is 11.4. The summed E-state index contributed by atoms with van der Waals surface area (Å²) in [5, 5.41) is 17.0. The van der Waals surface area contributed by atoms with E-state index in [9.17, 15) is 9.90 Å². The molecule has 1 aliphatic rings. The Kier molecular flexibility index (Phi) is 5.04. The number of rotatable bonds is 5. The Morgan fingerprint density at radius 2 is 1.86 bits per heavy atom. The molecule has 9 heteroatoms. The summed E-state index contributed by atoms with van der Waals surface area (Å²) in [7, 11) is 0. The van der Waals surface area contributed by atoms with Gasteiger partial charge in [0.2, 0.25) is 0 Å². The molecule has 1 aliphatic carbocycles. The Labute approximate surface area is 205 Å². The van der Waals surface area contributed by atoms with Crippen LogP contribution >= 0.6 is 11.6 Å². The van der Waals surface area contributed by atoms with Gasteiger partial charge in [0.25, 0.3) is 0 Å². The molecule has 3 heterocycles.